The Kier molecular flexibility index (Phi) is 3.19. The molecule has 1 aromatic heterocycles. The van der Waals surface area contributed by atoms with Crippen molar-refractivity contribution in [2.24, 2.45) is 0 Å². The molecule has 0 amide bonds. The van der Waals surface area contributed by atoms with Crippen molar-refractivity contribution in [3.63, 3.8) is 0 Å². The number of rotatable bonds is 2. The predicted molar refractivity (Wildman–Crippen MR) is 119 cm³/mol. The first-order valence-corrected chi connectivity index (χ1v) is 11.2. The SMILES string of the molecule is C=C(C)CN1CC[C@@]23c4c5ccc(O)c4O[C@H]2c2[nH]c4ccccc4c2C[C@]3(O)[C@H]1C5. The average Bonchev–Trinajstić information content (AvgIpc) is 3.27. The lowest BCUT2D eigenvalue weighted by Gasteiger charge is -2.62. The van der Waals surface area contributed by atoms with Crippen LogP contribution in [-0.2, 0) is 18.3 Å². The summed E-state index contributed by atoms with van der Waals surface area (Å²) in [6.45, 7) is 7.87. The number of likely N-dealkylation sites (tertiary alicyclic amines) is 1. The average molecular weight is 415 g/mol. The highest BCUT2D eigenvalue weighted by Crippen LogP contribution is 2.68. The predicted octanol–water partition coefficient (Wildman–Crippen LogP) is 3.74. The molecule has 1 fully saturated rings. The highest BCUT2D eigenvalue weighted by molar-refractivity contribution is 5.86. The number of aromatic nitrogens is 1. The minimum absolute atomic E-state index is 0.0196. The van der Waals surface area contributed by atoms with E-state index in [1.54, 1.807) is 6.07 Å². The summed E-state index contributed by atoms with van der Waals surface area (Å²) in [5.41, 5.74) is 5.08. The third-order valence-electron chi connectivity index (χ3n) is 8.35. The van der Waals surface area contributed by atoms with Gasteiger partial charge in [-0.2, -0.15) is 0 Å². The minimum atomic E-state index is -0.977. The fourth-order valence-corrected chi connectivity index (χ4v) is 7.26. The Bertz CT molecular complexity index is 1290. The maximum absolute atomic E-state index is 12.7. The van der Waals surface area contributed by atoms with Gasteiger partial charge in [-0.15, -0.1) is 0 Å². The molecular weight excluding hydrogens is 388 g/mol. The van der Waals surface area contributed by atoms with E-state index in [1.807, 2.05) is 18.2 Å². The van der Waals surface area contributed by atoms with Crippen LogP contribution in [0.25, 0.3) is 10.9 Å². The van der Waals surface area contributed by atoms with E-state index in [0.29, 0.717) is 12.2 Å². The molecule has 1 saturated heterocycles. The van der Waals surface area contributed by atoms with E-state index in [9.17, 15) is 10.2 Å². The number of H-pyrrole nitrogens is 1. The van der Waals surface area contributed by atoms with Crippen LogP contribution in [0.5, 0.6) is 11.5 Å². The number of phenolic OH excluding ortho intramolecular Hbond substituents is 1. The number of nitrogens with one attached hydrogen (secondary N) is 1. The minimum Gasteiger partial charge on any atom is -0.504 e. The quantitative estimate of drug-likeness (QED) is 0.559. The molecule has 3 N–H and O–H groups in total. The highest BCUT2D eigenvalue weighted by Gasteiger charge is 2.72. The molecule has 3 aromatic rings. The van der Waals surface area contributed by atoms with Crippen molar-refractivity contribution in [2.45, 2.75) is 49.3 Å². The molecule has 5 nitrogen and oxygen atoms in total. The van der Waals surface area contributed by atoms with Crippen LogP contribution in [0.1, 0.15) is 41.8 Å². The fourth-order valence-electron chi connectivity index (χ4n) is 7.26. The lowest BCUT2D eigenvalue weighted by molar-refractivity contribution is -0.170. The van der Waals surface area contributed by atoms with Crippen LogP contribution in [-0.4, -0.2) is 44.8 Å². The Hall–Kier alpha value is -2.76. The number of aromatic hydroxyl groups is 1. The molecular formula is C26H26N2O3. The maximum Gasteiger partial charge on any atom is 0.166 e. The van der Waals surface area contributed by atoms with E-state index < -0.39 is 11.0 Å². The Morgan fingerprint density at radius 1 is 1.29 bits per heavy atom. The summed E-state index contributed by atoms with van der Waals surface area (Å²) in [6, 6.07) is 12.1. The van der Waals surface area contributed by atoms with Crippen LogP contribution >= 0.6 is 0 Å². The lowest BCUT2D eigenvalue weighted by Crippen LogP contribution is -2.74. The van der Waals surface area contributed by atoms with Gasteiger partial charge in [-0.1, -0.05) is 36.4 Å². The van der Waals surface area contributed by atoms with Crippen LogP contribution in [0.4, 0.5) is 0 Å². The molecule has 7 rings (SSSR count). The summed E-state index contributed by atoms with van der Waals surface area (Å²) in [6.07, 6.45) is 1.79. The second kappa shape index (κ2) is 5.53. The van der Waals surface area contributed by atoms with Gasteiger partial charge in [0.25, 0.3) is 0 Å². The third kappa shape index (κ3) is 1.91. The van der Waals surface area contributed by atoms with Crippen LogP contribution < -0.4 is 4.74 Å². The zero-order chi connectivity index (χ0) is 21.1. The van der Waals surface area contributed by atoms with Gasteiger partial charge < -0.3 is 19.9 Å². The van der Waals surface area contributed by atoms with E-state index >= 15 is 0 Å². The number of fused-ring (bicyclic) bond motifs is 4. The molecule has 2 bridgehead atoms. The molecule has 0 unspecified atom stereocenters. The highest BCUT2D eigenvalue weighted by atomic mass is 16.5. The number of nitrogens with zero attached hydrogens (tertiary/aromatic N) is 1. The Morgan fingerprint density at radius 3 is 2.97 bits per heavy atom. The fraction of sp³-hybridized carbons (Fsp3) is 0.385. The molecule has 4 aliphatic rings. The number of aliphatic hydroxyl groups is 1. The number of para-hydroxylation sites is 1. The molecule has 5 heteroatoms. The Balaban J connectivity index is 1.54. The maximum atomic E-state index is 12.7. The molecule has 31 heavy (non-hydrogen) atoms. The van der Waals surface area contributed by atoms with Gasteiger partial charge >= 0.3 is 0 Å². The molecule has 2 aliphatic heterocycles. The van der Waals surface area contributed by atoms with Crippen LogP contribution in [0, 0.1) is 0 Å². The molecule has 0 saturated carbocycles. The van der Waals surface area contributed by atoms with Gasteiger partial charge in [0, 0.05) is 42.0 Å². The van der Waals surface area contributed by atoms with Gasteiger partial charge in [-0.25, -0.2) is 0 Å². The molecule has 158 valence electrons. The van der Waals surface area contributed by atoms with Gasteiger partial charge in [0.2, 0.25) is 0 Å². The lowest BCUT2D eigenvalue weighted by atomic mass is 9.49. The van der Waals surface area contributed by atoms with Crippen molar-refractivity contribution in [2.75, 3.05) is 13.1 Å². The standard InChI is InChI=1S/C26H26N2O3/c1-14(2)13-28-10-9-25-21-15-7-8-19(29)23(21)31-24(25)22-17(12-26(25,30)20(28)11-15)16-5-3-4-6-18(16)27-22/h3-8,20,24,27,29-30H,1,9-13H2,2H3/t20-,24+,25-,26+/m1/s1. The zero-order valence-electron chi connectivity index (χ0n) is 17.6. The molecule has 3 heterocycles. The Morgan fingerprint density at radius 2 is 2.13 bits per heavy atom. The van der Waals surface area contributed by atoms with Crippen molar-refractivity contribution in [1.29, 1.82) is 0 Å². The monoisotopic (exact) mass is 414 g/mol. The van der Waals surface area contributed by atoms with Gasteiger partial charge in [-0.3, -0.25) is 4.90 Å². The van der Waals surface area contributed by atoms with Crippen molar-refractivity contribution >= 4 is 10.9 Å². The van der Waals surface area contributed by atoms with Crippen molar-refractivity contribution in [1.82, 2.24) is 9.88 Å². The number of hydrogen-bond donors (Lipinski definition) is 3. The van der Waals surface area contributed by atoms with Crippen LogP contribution in [0.15, 0.2) is 48.6 Å². The third-order valence-corrected chi connectivity index (χ3v) is 8.35. The number of ether oxygens (including phenoxy) is 1. The summed E-state index contributed by atoms with van der Waals surface area (Å²) in [5, 5.41) is 24.5. The summed E-state index contributed by atoms with van der Waals surface area (Å²) >= 11 is 0. The normalized spacial score (nSPS) is 32.5. The van der Waals surface area contributed by atoms with Crippen molar-refractivity contribution in [3.05, 3.63) is 70.9 Å². The van der Waals surface area contributed by atoms with E-state index in [4.69, 9.17) is 4.74 Å². The van der Waals surface area contributed by atoms with Gasteiger partial charge in [0.05, 0.1) is 16.7 Å². The van der Waals surface area contributed by atoms with Gasteiger partial charge in [0.1, 0.15) is 0 Å². The van der Waals surface area contributed by atoms with E-state index in [0.717, 1.165) is 59.2 Å². The van der Waals surface area contributed by atoms with E-state index in [1.165, 1.54) is 5.56 Å². The number of benzene rings is 2. The van der Waals surface area contributed by atoms with Crippen molar-refractivity contribution in [3.8, 4) is 11.5 Å². The Labute approximate surface area is 181 Å². The van der Waals surface area contributed by atoms with Crippen molar-refractivity contribution < 1.29 is 14.9 Å². The number of aromatic amines is 1. The molecule has 0 radical (unpaired) electrons. The van der Waals surface area contributed by atoms with E-state index in [-0.39, 0.29) is 17.9 Å². The summed E-state index contributed by atoms with van der Waals surface area (Å²) in [4.78, 5) is 6.03. The second-order valence-electron chi connectivity index (χ2n) is 9.98. The molecule has 2 aliphatic carbocycles. The zero-order valence-corrected chi connectivity index (χ0v) is 17.6. The number of phenols is 1. The second-order valence-corrected chi connectivity index (χ2v) is 9.98. The first-order valence-electron chi connectivity index (χ1n) is 11.2. The van der Waals surface area contributed by atoms with Crippen LogP contribution in [0.3, 0.4) is 0 Å². The number of hydrogen-bond acceptors (Lipinski definition) is 4. The van der Waals surface area contributed by atoms with Gasteiger partial charge in [0.15, 0.2) is 17.6 Å². The summed E-state index contributed by atoms with van der Waals surface area (Å²) in [5.74, 6) is 0.740. The smallest absolute Gasteiger partial charge is 0.166 e. The first-order chi connectivity index (χ1) is 14.9. The molecule has 1 spiro atoms. The van der Waals surface area contributed by atoms with Crippen LogP contribution in [0.2, 0.25) is 0 Å². The number of piperidine rings is 1. The summed E-state index contributed by atoms with van der Waals surface area (Å²) < 4.78 is 6.57. The van der Waals surface area contributed by atoms with Gasteiger partial charge in [-0.05, 0) is 43.0 Å². The summed E-state index contributed by atoms with van der Waals surface area (Å²) in [7, 11) is 0. The molecule has 2 aromatic carbocycles. The first kappa shape index (κ1) is 17.9. The molecule has 4 atom stereocenters. The van der Waals surface area contributed by atoms with E-state index in [2.05, 4.69) is 35.5 Å². The largest absolute Gasteiger partial charge is 0.504 e. The topological polar surface area (TPSA) is 68.7 Å².